The van der Waals surface area contributed by atoms with Gasteiger partial charge in [0.2, 0.25) is 0 Å². The molecule has 0 saturated heterocycles. The molecule has 2 rings (SSSR count). The van der Waals surface area contributed by atoms with E-state index in [0.717, 1.165) is 28.8 Å². The Hall–Kier alpha value is -1.39. The van der Waals surface area contributed by atoms with Crippen molar-refractivity contribution in [2.24, 2.45) is 0 Å². The van der Waals surface area contributed by atoms with Crippen LogP contribution < -0.4 is 10.1 Å². The Balaban J connectivity index is 2.26. The summed E-state index contributed by atoms with van der Waals surface area (Å²) in [5.41, 5.74) is 1.57. The van der Waals surface area contributed by atoms with E-state index in [1.807, 2.05) is 25.1 Å². The molecule has 4 heteroatoms. The predicted octanol–water partition coefficient (Wildman–Crippen LogP) is 5.19. The number of hydrogen-bond acceptors (Lipinski definition) is 2. The van der Waals surface area contributed by atoms with E-state index in [1.54, 1.807) is 12.1 Å². The van der Waals surface area contributed by atoms with Crippen molar-refractivity contribution < 1.29 is 9.13 Å². The minimum absolute atomic E-state index is 0.247. The zero-order valence-electron chi connectivity index (χ0n) is 12.2. The molecular formula is C17H19BrFNO. The van der Waals surface area contributed by atoms with Crippen molar-refractivity contribution in [2.75, 3.05) is 6.54 Å². The van der Waals surface area contributed by atoms with E-state index in [0.29, 0.717) is 17.9 Å². The lowest BCUT2D eigenvalue weighted by Gasteiger charge is -2.14. The number of rotatable bonds is 6. The lowest BCUT2D eigenvalue weighted by molar-refractivity contribution is 0.458. The van der Waals surface area contributed by atoms with Crippen LogP contribution in [0, 0.1) is 12.7 Å². The van der Waals surface area contributed by atoms with Crippen molar-refractivity contribution in [3.05, 3.63) is 57.8 Å². The van der Waals surface area contributed by atoms with Crippen LogP contribution in [-0.2, 0) is 6.54 Å². The molecule has 0 amide bonds. The Morgan fingerprint density at radius 1 is 1.19 bits per heavy atom. The van der Waals surface area contributed by atoms with Gasteiger partial charge in [-0.05, 0) is 49.7 Å². The van der Waals surface area contributed by atoms with Crippen LogP contribution in [0.3, 0.4) is 0 Å². The van der Waals surface area contributed by atoms with Crippen LogP contribution in [0.25, 0.3) is 0 Å². The molecule has 2 aromatic rings. The standard InChI is InChI=1S/C17H19BrFNO/c1-3-9-20-11-14-15(19)5-4-6-16(14)21-17-10-13(18)8-7-12(17)2/h4-8,10,20H,3,9,11H2,1-2H3. The van der Waals surface area contributed by atoms with Crippen molar-refractivity contribution in [2.45, 2.75) is 26.8 Å². The van der Waals surface area contributed by atoms with Gasteiger partial charge in [-0.15, -0.1) is 0 Å². The molecule has 0 aromatic heterocycles. The fourth-order valence-corrected chi connectivity index (χ4v) is 2.34. The zero-order chi connectivity index (χ0) is 15.2. The largest absolute Gasteiger partial charge is 0.457 e. The molecule has 112 valence electrons. The van der Waals surface area contributed by atoms with Crippen LogP contribution in [-0.4, -0.2) is 6.54 Å². The Labute approximate surface area is 133 Å². The van der Waals surface area contributed by atoms with Crippen LogP contribution >= 0.6 is 15.9 Å². The van der Waals surface area contributed by atoms with Crippen LogP contribution in [0.5, 0.6) is 11.5 Å². The first kappa shape index (κ1) is 16.0. The Bertz CT molecular complexity index is 616. The van der Waals surface area contributed by atoms with Crippen LogP contribution in [0.15, 0.2) is 40.9 Å². The van der Waals surface area contributed by atoms with Crippen LogP contribution in [0.2, 0.25) is 0 Å². The van der Waals surface area contributed by atoms with Gasteiger partial charge < -0.3 is 10.1 Å². The van der Waals surface area contributed by atoms with Crippen molar-refractivity contribution in [1.29, 1.82) is 0 Å². The molecule has 0 unspecified atom stereocenters. The maximum Gasteiger partial charge on any atom is 0.134 e. The van der Waals surface area contributed by atoms with Gasteiger partial charge in [-0.2, -0.15) is 0 Å². The van der Waals surface area contributed by atoms with Gasteiger partial charge in [0.15, 0.2) is 0 Å². The second kappa shape index (κ2) is 7.57. The number of benzene rings is 2. The van der Waals surface area contributed by atoms with Crippen molar-refractivity contribution in [3.8, 4) is 11.5 Å². The van der Waals surface area contributed by atoms with Gasteiger partial charge in [0, 0.05) is 16.6 Å². The van der Waals surface area contributed by atoms with Gasteiger partial charge in [-0.25, -0.2) is 4.39 Å². The summed E-state index contributed by atoms with van der Waals surface area (Å²) in [6, 6.07) is 10.7. The third kappa shape index (κ3) is 4.29. The summed E-state index contributed by atoms with van der Waals surface area (Å²) in [7, 11) is 0. The summed E-state index contributed by atoms with van der Waals surface area (Å²) >= 11 is 3.43. The molecule has 0 aliphatic heterocycles. The van der Waals surface area contributed by atoms with E-state index >= 15 is 0 Å². The number of ether oxygens (including phenoxy) is 1. The van der Waals surface area contributed by atoms with Gasteiger partial charge >= 0.3 is 0 Å². The highest BCUT2D eigenvalue weighted by Gasteiger charge is 2.11. The topological polar surface area (TPSA) is 21.3 Å². The molecular weight excluding hydrogens is 333 g/mol. The maximum atomic E-state index is 14.0. The summed E-state index contributed by atoms with van der Waals surface area (Å²) < 4.78 is 20.9. The molecule has 0 heterocycles. The molecule has 0 atom stereocenters. The maximum absolute atomic E-state index is 14.0. The van der Waals surface area contributed by atoms with Crippen LogP contribution in [0.4, 0.5) is 4.39 Å². The van der Waals surface area contributed by atoms with E-state index in [4.69, 9.17) is 4.74 Å². The van der Waals surface area contributed by atoms with E-state index in [9.17, 15) is 4.39 Å². The van der Waals surface area contributed by atoms with Crippen molar-refractivity contribution in [3.63, 3.8) is 0 Å². The lowest BCUT2D eigenvalue weighted by atomic mass is 10.1. The number of nitrogens with one attached hydrogen (secondary N) is 1. The van der Waals surface area contributed by atoms with Gasteiger partial charge in [0.1, 0.15) is 17.3 Å². The summed E-state index contributed by atoms with van der Waals surface area (Å²) in [5, 5.41) is 3.22. The molecule has 1 N–H and O–H groups in total. The molecule has 0 aliphatic rings. The number of halogens is 2. The third-order valence-corrected chi connectivity index (χ3v) is 3.67. The van der Waals surface area contributed by atoms with Gasteiger partial charge in [0.05, 0.1) is 0 Å². The first-order chi connectivity index (χ1) is 10.1. The van der Waals surface area contributed by atoms with Gasteiger partial charge in [-0.3, -0.25) is 0 Å². The highest BCUT2D eigenvalue weighted by Crippen LogP contribution is 2.31. The first-order valence-corrected chi connectivity index (χ1v) is 7.83. The first-order valence-electron chi connectivity index (χ1n) is 7.04. The zero-order valence-corrected chi connectivity index (χ0v) is 13.8. The minimum Gasteiger partial charge on any atom is -0.457 e. The third-order valence-electron chi connectivity index (χ3n) is 3.17. The SMILES string of the molecule is CCCNCc1c(F)cccc1Oc1cc(Br)ccc1C. The van der Waals surface area contributed by atoms with E-state index < -0.39 is 0 Å². The second-order valence-electron chi connectivity index (χ2n) is 4.91. The van der Waals surface area contributed by atoms with Gasteiger partial charge in [0.25, 0.3) is 0 Å². The Morgan fingerprint density at radius 3 is 2.76 bits per heavy atom. The summed E-state index contributed by atoms with van der Waals surface area (Å²) in [6.45, 7) is 5.36. The van der Waals surface area contributed by atoms with Crippen LogP contribution in [0.1, 0.15) is 24.5 Å². The molecule has 0 bridgehead atoms. The lowest BCUT2D eigenvalue weighted by Crippen LogP contribution is -2.15. The molecule has 2 nitrogen and oxygen atoms in total. The average Bonchev–Trinajstić information content (AvgIpc) is 2.46. The highest BCUT2D eigenvalue weighted by molar-refractivity contribution is 9.10. The normalized spacial score (nSPS) is 10.7. The highest BCUT2D eigenvalue weighted by atomic mass is 79.9. The summed E-state index contributed by atoms with van der Waals surface area (Å²) in [6.07, 6.45) is 1.01. The molecule has 21 heavy (non-hydrogen) atoms. The van der Waals surface area contributed by atoms with Crippen molar-refractivity contribution in [1.82, 2.24) is 5.32 Å². The average molecular weight is 352 g/mol. The Kier molecular flexibility index (Phi) is 5.76. The van der Waals surface area contributed by atoms with Gasteiger partial charge in [-0.1, -0.05) is 35.0 Å². The second-order valence-corrected chi connectivity index (χ2v) is 5.82. The quantitative estimate of drug-likeness (QED) is 0.723. The van der Waals surface area contributed by atoms with E-state index in [-0.39, 0.29) is 5.82 Å². The fraction of sp³-hybridized carbons (Fsp3) is 0.294. The minimum atomic E-state index is -0.247. The molecule has 2 aromatic carbocycles. The molecule has 0 spiro atoms. The van der Waals surface area contributed by atoms with E-state index in [2.05, 4.69) is 28.2 Å². The van der Waals surface area contributed by atoms with Crippen molar-refractivity contribution >= 4 is 15.9 Å². The monoisotopic (exact) mass is 351 g/mol. The Morgan fingerprint density at radius 2 is 2.00 bits per heavy atom. The summed E-state index contributed by atoms with van der Waals surface area (Å²) in [5.74, 6) is 1.04. The molecule has 0 saturated carbocycles. The number of aryl methyl sites for hydroxylation is 1. The summed E-state index contributed by atoms with van der Waals surface area (Å²) in [4.78, 5) is 0. The fourth-order valence-electron chi connectivity index (χ4n) is 2.00. The molecule has 0 radical (unpaired) electrons. The van der Waals surface area contributed by atoms with E-state index in [1.165, 1.54) is 6.07 Å². The predicted molar refractivity (Wildman–Crippen MR) is 87.4 cm³/mol. The molecule has 0 fully saturated rings. The molecule has 0 aliphatic carbocycles. The number of hydrogen-bond donors (Lipinski definition) is 1. The smallest absolute Gasteiger partial charge is 0.134 e.